The highest BCUT2D eigenvalue weighted by molar-refractivity contribution is 6.26. The van der Waals surface area contributed by atoms with Gasteiger partial charge in [0.2, 0.25) is 11.7 Å². The van der Waals surface area contributed by atoms with E-state index in [1.807, 2.05) is 12.1 Å². The first-order valence-corrected chi connectivity index (χ1v) is 9.69. The van der Waals surface area contributed by atoms with Gasteiger partial charge >= 0.3 is 5.97 Å². The Balaban J connectivity index is 1.65. The first kappa shape index (κ1) is 19.2. The van der Waals surface area contributed by atoms with Crippen LogP contribution in [0.2, 0.25) is 0 Å². The highest BCUT2D eigenvalue weighted by atomic mass is 16.5. The molecule has 2 aromatic rings. The number of Topliss-reactive ketones (excluding diaryl/α,β-unsaturated/α-hetero) is 1. The zero-order chi connectivity index (χ0) is 20.4. The monoisotopic (exact) mass is 397 g/mol. The number of allylic oxidation sites excluding steroid dienone is 1. The summed E-state index contributed by atoms with van der Waals surface area (Å²) in [6.45, 7) is 4.71. The minimum atomic E-state index is -0.691. The zero-order valence-electron chi connectivity index (χ0n) is 16.4. The largest absolute Gasteiger partial charge is 0.459 e. The summed E-state index contributed by atoms with van der Waals surface area (Å²) in [4.78, 5) is 32.9. The van der Waals surface area contributed by atoms with Crippen molar-refractivity contribution in [3.8, 4) is 0 Å². The van der Waals surface area contributed by atoms with Crippen molar-refractivity contribution in [2.24, 2.45) is 0 Å². The van der Waals surface area contributed by atoms with E-state index in [0.717, 1.165) is 23.8 Å². The number of ether oxygens (including phenoxy) is 3. The minimum absolute atomic E-state index is 0.0602. The van der Waals surface area contributed by atoms with Crippen molar-refractivity contribution in [3.63, 3.8) is 0 Å². The molecule has 0 saturated carbocycles. The van der Waals surface area contributed by atoms with Crippen molar-refractivity contribution in [1.29, 1.82) is 0 Å². The Morgan fingerprint density at radius 2 is 2.17 bits per heavy atom. The molecular formula is C21H23N3O5. The van der Waals surface area contributed by atoms with Crippen LogP contribution in [0.1, 0.15) is 32.3 Å². The summed E-state index contributed by atoms with van der Waals surface area (Å²) < 4.78 is 16.5. The van der Waals surface area contributed by atoms with Gasteiger partial charge in [-0.15, -0.1) is 0 Å². The number of nitrogens with zero attached hydrogens (tertiary/aromatic N) is 1. The number of ketones is 1. The third-order valence-corrected chi connectivity index (χ3v) is 4.76. The fourth-order valence-electron chi connectivity index (χ4n) is 3.35. The molecule has 8 nitrogen and oxygen atoms in total. The van der Waals surface area contributed by atoms with E-state index in [9.17, 15) is 9.59 Å². The van der Waals surface area contributed by atoms with Gasteiger partial charge in [-0.3, -0.25) is 4.79 Å². The van der Waals surface area contributed by atoms with Crippen molar-refractivity contribution in [1.82, 2.24) is 15.3 Å². The molecule has 0 atom stereocenters. The van der Waals surface area contributed by atoms with E-state index < -0.39 is 11.8 Å². The molecule has 152 valence electrons. The molecule has 0 radical (unpaired) electrons. The standard InChI is InChI=1S/C21H23N3O5/c1-12(2)28-21(26)17-18(25)16(29-20(17)24-14-5-8-27-9-6-14)10-13-11-23-19-15(13)4-3-7-22-19/h3-4,7,10-12,14,24H,5-6,8-9H2,1-2H3,(H,22,23). The van der Waals surface area contributed by atoms with Gasteiger partial charge < -0.3 is 24.5 Å². The second-order valence-electron chi connectivity index (χ2n) is 7.27. The third-order valence-electron chi connectivity index (χ3n) is 4.76. The lowest BCUT2D eigenvalue weighted by Gasteiger charge is -2.24. The number of esters is 1. The van der Waals surface area contributed by atoms with Crippen LogP contribution < -0.4 is 5.32 Å². The van der Waals surface area contributed by atoms with Crippen molar-refractivity contribution in [2.75, 3.05) is 13.2 Å². The van der Waals surface area contributed by atoms with Crippen LogP contribution in [0.25, 0.3) is 17.1 Å². The Morgan fingerprint density at radius 3 is 2.93 bits per heavy atom. The van der Waals surface area contributed by atoms with Crippen LogP contribution in [-0.4, -0.2) is 47.1 Å². The lowest BCUT2D eigenvalue weighted by molar-refractivity contribution is -0.143. The van der Waals surface area contributed by atoms with Crippen molar-refractivity contribution < 1.29 is 23.8 Å². The minimum Gasteiger partial charge on any atom is -0.459 e. The van der Waals surface area contributed by atoms with Crippen LogP contribution in [0, 0.1) is 0 Å². The molecule has 2 aromatic heterocycles. The van der Waals surface area contributed by atoms with Crippen LogP contribution in [0.4, 0.5) is 0 Å². The van der Waals surface area contributed by atoms with E-state index in [2.05, 4.69) is 15.3 Å². The number of nitrogens with one attached hydrogen (secondary N) is 2. The molecule has 2 aliphatic rings. The van der Waals surface area contributed by atoms with E-state index in [1.165, 1.54) is 0 Å². The Labute approximate surface area is 167 Å². The molecule has 0 unspecified atom stereocenters. The summed E-state index contributed by atoms with van der Waals surface area (Å²) in [5, 5.41) is 4.05. The molecule has 0 aliphatic carbocycles. The molecule has 2 aliphatic heterocycles. The Hall–Kier alpha value is -3.13. The topological polar surface area (TPSA) is 103 Å². The molecule has 1 saturated heterocycles. The van der Waals surface area contributed by atoms with E-state index in [4.69, 9.17) is 14.2 Å². The smallest absolute Gasteiger partial charge is 0.348 e. The normalized spacial score (nSPS) is 19.3. The van der Waals surface area contributed by atoms with Crippen LogP contribution in [-0.2, 0) is 23.8 Å². The number of hydrogen-bond acceptors (Lipinski definition) is 7. The van der Waals surface area contributed by atoms with Crippen LogP contribution in [0.15, 0.2) is 41.7 Å². The summed E-state index contributed by atoms with van der Waals surface area (Å²) >= 11 is 0. The number of H-pyrrole nitrogens is 1. The van der Waals surface area contributed by atoms with Gasteiger partial charge in [-0.2, -0.15) is 0 Å². The van der Waals surface area contributed by atoms with Gasteiger partial charge in [0.05, 0.1) is 6.10 Å². The molecule has 4 rings (SSSR count). The lowest BCUT2D eigenvalue weighted by atomic mass is 10.1. The number of fused-ring (bicyclic) bond motifs is 1. The Bertz CT molecular complexity index is 999. The van der Waals surface area contributed by atoms with Gasteiger partial charge in [-0.05, 0) is 44.9 Å². The second-order valence-corrected chi connectivity index (χ2v) is 7.27. The van der Waals surface area contributed by atoms with Gasteiger partial charge in [0.25, 0.3) is 0 Å². The second kappa shape index (κ2) is 8.08. The molecule has 0 bridgehead atoms. The maximum Gasteiger partial charge on any atom is 0.348 e. The zero-order valence-corrected chi connectivity index (χ0v) is 16.4. The number of aromatic nitrogens is 2. The summed E-state index contributed by atoms with van der Waals surface area (Å²) in [5.74, 6) is -0.969. The number of carbonyl (C=O) groups excluding carboxylic acids is 2. The lowest BCUT2D eigenvalue weighted by Crippen LogP contribution is -2.35. The average molecular weight is 397 g/mol. The summed E-state index contributed by atoms with van der Waals surface area (Å²) in [6, 6.07) is 3.77. The molecular weight excluding hydrogens is 374 g/mol. The van der Waals surface area contributed by atoms with Gasteiger partial charge in [0.1, 0.15) is 5.65 Å². The number of aromatic amines is 1. The highest BCUT2D eigenvalue weighted by Gasteiger charge is 2.38. The fourth-order valence-corrected chi connectivity index (χ4v) is 3.35. The SMILES string of the molecule is CC(C)OC(=O)C1=C(NC2CCOCC2)OC(=Cc2c[nH]c3ncccc23)C1=O. The first-order valence-electron chi connectivity index (χ1n) is 9.69. The predicted octanol–water partition coefficient (Wildman–Crippen LogP) is 2.43. The molecule has 29 heavy (non-hydrogen) atoms. The molecule has 1 fully saturated rings. The fraction of sp³-hybridized carbons (Fsp3) is 0.381. The van der Waals surface area contributed by atoms with Crippen molar-refractivity contribution in [3.05, 3.63) is 47.3 Å². The summed E-state index contributed by atoms with van der Waals surface area (Å²) in [6.07, 6.45) is 6.23. The molecule has 2 N–H and O–H groups in total. The Kier molecular flexibility index (Phi) is 5.35. The van der Waals surface area contributed by atoms with E-state index in [1.54, 1.807) is 32.3 Å². The quantitative estimate of drug-likeness (QED) is 0.454. The number of carbonyl (C=O) groups is 2. The highest BCUT2D eigenvalue weighted by Crippen LogP contribution is 2.29. The number of hydrogen-bond donors (Lipinski definition) is 2. The van der Waals surface area contributed by atoms with E-state index >= 15 is 0 Å². The van der Waals surface area contributed by atoms with Gasteiger partial charge in [-0.1, -0.05) is 0 Å². The van der Waals surface area contributed by atoms with Crippen LogP contribution in [0.3, 0.4) is 0 Å². The molecule has 4 heterocycles. The first-order chi connectivity index (χ1) is 14.0. The number of rotatable bonds is 5. The Morgan fingerprint density at radius 1 is 1.38 bits per heavy atom. The maximum absolute atomic E-state index is 13.0. The number of pyridine rings is 1. The molecule has 0 amide bonds. The summed E-state index contributed by atoms with van der Waals surface area (Å²) in [5.41, 5.74) is 1.35. The van der Waals surface area contributed by atoms with Gasteiger partial charge in [0, 0.05) is 42.6 Å². The van der Waals surface area contributed by atoms with Gasteiger partial charge in [0.15, 0.2) is 11.3 Å². The third kappa shape index (κ3) is 4.02. The van der Waals surface area contributed by atoms with Crippen molar-refractivity contribution >= 4 is 28.9 Å². The molecule has 0 aromatic carbocycles. The molecule has 0 spiro atoms. The van der Waals surface area contributed by atoms with Gasteiger partial charge in [-0.25, -0.2) is 9.78 Å². The predicted molar refractivity (Wildman–Crippen MR) is 105 cm³/mol. The summed E-state index contributed by atoms with van der Waals surface area (Å²) in [7, 11) is 0. The van der Waals surface area contributed by atoms with E-state index in [-0.39, 0.29) is 29.4 Å². The molecule has 8 heteroatoms. The average Bonchev–Trinajstić information content (AvgIpc) is 3.24. The van der Waals surface area contributed by atoms with Crippen LogP contribution in [0.5, 0.6) is 0 Å². The van der Waals surface area contributed by atoms with Crippen LogP contribution >= 0.6 is 0 Å². The van der Waals surface area contributed by atoms with E-state index in [0.29, 0.717) is 18.9 Å². The van der Waals surface area contributed by atoms with Crippen molar-refractivity contribution in [2.45, 2.75) is 38.8 Å². The maximum atomic E-state index is 13.0.